The van der Waals surface area contributed by atoms with Gasteiger partial charge in [0, 0.05) is 11.1 Å². The third-order valence-corrected chi connectivity index (χ3v) is 2.93. The average molecular weight is 280 g/mol. The molecule has 6 nitrogen and oxygen atoms in total. The Labute approximate surface area is 120 Å². The molecule has 0 radical (unpaired) electrons. The fourth-order valence-corrected chi connectivity index (χ4v) is 1.98. The van der Waals surface area contributed by atoms with E-state index in [0.29, 0.717) is 11.1 Å². The highest BCUT2D eigenvalue weighted by Crippen LogP contribution is 2.35. The molecule has 104 valence electrons. The largest absolute Gasteiger partial charge is 0.493 e. The Morgan fingerprint density at radius 2 is 1.76 bits per heavy atom. The molecule has 1 aromatic heterocycles. The predicted molar refractivity (Wildman–Crippen MR) is 79.9 cm³/mol. The van der Waals surface area contributed by atoms with Gasteiger partial charge in [0.2, 0.25) is 5.88 Å². The maximum Gasteiger partial charge on any atom is 0.364 e. The number of carbonyl (C=O) groups is 1. The molecule has 0 unspecified atom stereocenters. The van der Waals surface area contributed by atoms with Gasteiger partial charge in [-0.25, -0.2) is 4.79 Å². The van der Waals surface area contributed by atoms with Gasteiger partial charge in [-0.15, -0.1) is 5.11 Å². The van der Waals surface area contributed by atoms with Crippen molar-refractivity contribution in [3.05, 3.63) is 54.6 Å². The first-order valence-electron chi connectivity index (χ1n) is 6.31. The number of nitrogens with one attached hydrogen (secondary N) is 2. The van der Waals surface area contributed by atoms with Crippen LogP contribution < -0.4 is 5.32 Å². The highest BCUT2D eigenvalue weighted by molar-refractivity contribution is 5.95. The second-order valence-corrected chi connectivity index (χ2v) is 4.36. The Hall–Kier alpha value is -3.15. The molecule has 0 saturated heterocycles. The van der Waals surface area contributed by atoms with E-state index in [0.717, 1.165) is 5.52 Å². The minimum absolute atomic E-state index is 0.118. The number of aromatic hydroxyl groups is 1. The lowest BCUT2D eigenvalue weighted by Crippen LogP contribution is -2.04. The van der Waals surface area contributed by atoms with E-state index >= 15 is 0 Å². The van der Waals surface area contributed by atoms with Crippen molar-refractivity contribution in [3.63, 3.8) is 0 Å². The number of hydrogen-bond donors (Lipinski definition) is 3. The van der Waals surface area contributed by atoms with Crippen LogP contribution in [0.2, 0.25) is 0 Å². The summed E-state index contributed by atoms with van der Waals surface area (Å²) in [5, 5.41) is 20.5. The summed E-state index contributed by atoms with van der Waals surface area (Å²) in [5.41, 5.74) is 1.60. The molecule has 0 aliphatic heterocycles. The number of carbonyl (C=O) groups excluding carboxylic acids is 1. The molecule has 0 bridgehead atoms. The second-order valence-electron chi connectivity index (χ2n) is 4.36. The number of fused-ring (bicyclic) bond motifs is 1. The van der Waals surface area contributed by atoms with Gasteiger partial charge in [0.1, 0.15) is 0 Å². The van der Waals surface area contributed by atoms with E-state index in [9.17, 15) is 9.90 Å². The molecule has 0 atom stereocenters. The minimum Gasteiger partial charge on any atom is -0.493 e. The van der Waals surface area contributed by atoms with Crippen LogP contribution in [0.3, 0.4) is 0 Å². The number of rotatable bonds is 2. The van der Waals surface area contributed by atoms with Crippen molar-refractivity contribution in [2.24, 2.45) is 10.2 Å². The summed E-state index contributed by atoms with van der Waals surface area (Å²) in [6, 6.07) is 15.6. The van der Waals surface area contributed by atoms with Crippen molar-refractivity contribution in [1.29, 1.82) is 0 Å². The van der Waals surface area contributed by atoms with E-state index in [4.69, 9.17) is 0 Å². The van der Waals surface area contributed by atoms with Crippen molar-refractivity contribution < 1.29 is 9.90 Å². The molecule has 21 heavy (non-hydrogen) atoms. The zero-order chi connectivity index (χ0) is 14.7. The van der Waals surface area contributed by atoms with E-state index in [2.05, 4.69) is 20.5 Å². The van der Waals surface area contributed by atoms with E-state index in [1.807, 2.05) is 18.2 Å². The summed E-state index contributed by atoms with van der Waals surface area (Å²) in [6.45, 7) is 0. The van der Waals surface area contributed by atoms with Crippen LogP contribution in [-0.2, 0) is 0 Å². The van der Waals surface area contributed by atoms with Gasteiger partial charge in [-0.1, -0.05) is 41.5 Å². The smallest absolute Gasteiger partial charge is 0.364 e. The number of aromatic amines is 1. The van der Waals surface area contributed by atoms with Crippen molar-refractivity contribution in [2.75, 3.05) is 5.32 Å². The maximum absolute atomic E-state index is 11.7. The highest BCUT2D eigenvalue weighted by atomic mass is 16.3. The lowest BCUT2D eigenvalue weighted by molar-refractivity contribution is 0.258. The van der Waals surface area contributed by atoms with Crippen LogP contribution in [0.25, 0.3) is 10.9 Å². The lowest BCUT2D eigenvalue weighted by Gasteiger charge is -1.98. The van der Waals surface area contributed by atoms with Gasteiger partial charge in [0.05, 0.1) is 5.52 Å². The molecular formula is C15H12N4O2. The first-order chi connectivity index (χ1) is 10.2. The number of benzene rings is 2. The Kier molecular flexibility index (Phi) is 3.34. The van der Waals surface area contributed by atoms with E-state index in [1.165, 1.54) is 0 Å². The zero-order valence-electron chi connectivity index (χ0n) is 10.9. The molecule has 2 amide bonds. The van der Waals surface area contributed by atoms with Crippen LogP contribution in [0.15, 0.2) is 64.8 Å². The van der Waals surface area contributed by atoms with Crippen molar-refractivity contribution in [2.45, 2.75) is 0 Å². The van der Waals surface area contributed by atoms with Gasteiger partial charge >= 0.3 is 6.03 Å². The summed E-state index contributed by atoms with van der Waals surface area (Å²) in [7, 11) is 0. The quantitative estimate of drug-likeness (QED) is 0.614. The molecular weight excluding hydrogens is 268 g/mol. The minimum atomic E-state index is -0.606. The van der Waals surface area contributed by atoms with Gasteiger partial charge < -0.3 is 15.4 Å². The molecule has 3 rings (SSSR count). The van der Waals surface area contributed by atoms with Crippen molar-refractivity contribution >= 4 is 28.3 Å². The van der Waals surface area contributed by atoms with Crippen LogP contribution in [0.5, 0.6) is 5.88 Å². The molecule has 3 N–H and O–H groups in total. The fraction of sp³-hybridized carbons (Fsp3) is 0. The fourth-order valence-electron chi connectivity index (χ4n) is 1.98. The summed E-state index contributed by atoms with van der Waals surface area (Å²) in [5.74, 6) is -0.118. The molecule has 0 aliphatic rings. The number of aromatic nitrogens is 1. The maximum atomic E-state index is 11.7. The van der Waals surface area contributed by atoms with E-state index in [1.54, 1.807) is 36.4 Å². The topological polar surface area (TPSA) is 89.8 Å². The van der Waals surface area contributed by atoms with Crippen LogP contribution in [0.4, 0.5) is 16.2 Å². The third kappa shape index (κ3) is 2.74. The SMILES string of the molecule is O=C(N=Nc1c(O)[nH]c2ccccc12)Nc1ccccc1. The zero-order valence-corrected chi connectivity index (χ0v) is 10.9. The normalized spacial score (nSPS) is 11.0. The summed E-state index contributed by atoms with van der Waals surface area (Å²) in [6.07, 6.45) is 0. The number of para-hydroxylation sites is 2. The molecule has 0 spiro atoms. The Balaban J connectivity index is 1.81. The number of hydrogen-bond acceptors (Lipinski definition) is 3. The molecule has 3 aromatic rings. The third-order valence-electron chi connectivity index (χ3n) is 2.93. The highest BCUT2D eigenvalue weighted by Gasteiger charge is 2.10. The molecule has 0 fully saturated rings. The molecule has 0 aliphatic carbocycles. The number of anilines is 1. The van der Waals surface area contributed by atoms with Gasteiger partial charge in [-0.05, 0) is 18.2 Å². The lowest BCUT2D eigenvalue weighted by atomic mass is 10.2. The summed E-state index contributed by atoms with van der Waals surface area (Å²) < 4.78 is 0. The first kappa shape index (κ1) is 12.9. The van der Waals surface area contributed by atoms with E-state index in [-0.39, 0.29) is 11.6 Å². The van der Waals surface area contributed by atoms with Gasteiger partial charge in [-0.3, -0.25) is 0 Å². The number of H-pyrrole nitrogens is 1. The molecule has 6 heteroatoms. The summed E-state index contributed by atoms with van der Waals surface area (Å²) >= 11 is 0. The standard InChI is InChI=1S/C15H12N4O2/c20-14-13(11-8-4-5-9-12(11)17-14)18-19-15(21)16-10-6-2-1-3-7-10/h1-9,17,20H,(H,16,21). The van der Waals surface area contributed by atoms with Crippen molar-refractivity contribution in [3.8, 4) is 5.88 Å². The van der Waals surface area contributed by atoms with Gasteiger partial charge in [0.25, 0.3) is 0 Å². The first-order valence-corrected chi connectivity index (χ1v) is 6.31. The van der Waals surface area contributed by atoms with Crippen molar-refractivity contribution in [1.82, 2.24) is 4.98 Å². The average Bonchev–Trinajstić information content (AvgIpc) is 2.81. The Morgan fingerprint density at radius 1 is 1.05 bits per heavy atom. The van der Waals surface area contributed by atoms with Gasteiger partial charge in [0.15, 0.2) is 5.69 Å². The summed E-state index contributed by atoms with van der Waals surface area (Å²) in [4.78, 5) is 14.5. The van der Waals surface area contributed by atoms with Crippen LogP contribution >= 0.6 is 0 Å². The van der Waals surface area contributed by atoms with Crippen LogP contribution in [0.1, 0.15) is 0 Å². The predicted octanol–water partition coefficient (Wildman–Crippen LogP) is 4.19. The van der Waals surface area contributed by atoms with Crippen LogP contribution in [0, 0.1) is 0 Å². The molecule has 2 aromatic carbocycles. The van der Waals surface area contributed by atoms with E-state index < -0.39 is 6.03 Å². The molecule has 1 heterocycles. The number of urea groups is 1. The van der Waals surface area contributed by atoms with Crippen LogP contribution in [-0.4, -0.2) is 16.1 Å². The Morgan fingerprint density at radius 3 is 2.57 bits per heavy atom. The Bertz CT molecular complexity index is 809. The number of nitrogens with zero attached hydrogens (tertiary/aromatic N) is 2. The second kappa shape index (κ2) is 5.46. The monoisotopic (exact) mass is 280 g/mol. The molecule has 0 saturated carbocycles. The number of azo groups is 1. The number of amides is 2. The van der Waals surface area contributed by atoms with Gasteiger partial charge in [-0.2, -0.15) is 0 Å².